The Kier molecular flexibility index (Phi) is 5.69. The lowest BCUT2D eigenvalue weighted by atomic mass is 9.81. The van der Waals surface area contributed by atoms with Crippen molar-refractivity contribution >= 4 is 22.4 Å². The first-order valence-corrected chi connectivity index (χ1v) is 9.96. The van der Waals surface area contributed by atoms with Crippen LogP contribution in [-0.2, 0) is 16.6 Å². The number of hydrogen-bond acceptors (Lipinski definition) is 5. The topological polar surface area (TPSA) is 59.2 Å². The minimum Gasteiger partial charge on any atom is -0.338 e. The summed E-state index contributed by atoms with van der Waals surface area (Å²) < 4.78 is 17.7. The molecule has 1 aromatic carbocycles. The predicted molar refractivity (Wildman–Crippen MR) is 95.5 cm³/mol. The highest BCUT2D eigenvalue weighted by Crippen LogP contribution is 2.34. The zero-order valence-electron chi connectivity index (χ0n) is 13.9. The molecular formula is C17H22ClN3O2S. The number of rotatable bonds is 5. The quantitative estimate of drug-likeness (QED) is 0.813. The van der Waals surface area contributed by atoms with E-state index in [1.807, 2.05) is 12.1 Å². The zero-order valence-corrected chi connectivity index (χ0v) is 15.5. The van der Waals surface area contributed by atoms with Gasteiger partial charge in [-0.3, -0.25) is 4.21 Å². The number of hydrogen-bond donors (Lipinski definition) is 0. The number of aryl methyl sites for hydroxylation is 1. The molecule has 0 spiro atoms. The molecule has 0 radical (unpaired) electrons. The highest BCUT2D eigenvalue weighted by molar-refractivity contribution is 7.84. The summed E-state index contributed by atoms with van der Waals surface area (Å²) >= 11 is 6.01. The molecule has 2 aromatic rings. The second-order valence-corrected chi connectivity index (χ2v) is 8.39. The van der Waals surface area contributed by atoms with Gasteiger partial charge in [-0.2, -0.15) is 4.98 Å². The van der Waals surface area contributed by atoms with Gasteiger partial charge in [0.05, 0.1) is 0 Å². The van der Waals surface area contributed by atoms with Gasteiger partial charge in [-0.1, -0.05) is 28.9 Å². The van der Waals surface area contributed by atoms with Crippen LogP contribution in [-0.4, -0.2) is 45.1 Å². The van der Waals surface area contributed by atoms with Crippen LogP contribution in [0, 0.1) is 12.8 Å². The smallest absolute Gasteiger partial charge is 0.239 e. The average molecular weight is 368 g/mol. The molecule has 1 saturated heterocycles. The van der Waals surface area contributed by atoms with Gasteiger partial charge in [-0.25, -0.2) is 0 Å². The maximum absolute atomic E-state index is 12.6. The van der Waals surface area contributed by atoms with Gasteiger partial charge in [0.25, 0.3) is 0 Å². The molecule has 0 N–H and O–H groups in total. The van der Waals surface area contributed by atoms with Crippen LogP contribution in [0.1, 0.15) is 29.6 Å². The molecule has 1 aliphatic rings. The molecule has 0 aliphatic carbocycles. The molecule has 0 bridgehead atoms. The Morgan fingerprint density at radius 2 is 2.12 bits per heavy atom. The van der Waals surface area contributed by atoms with Crippen molar-refractivity contribution in [2.24, 2.45) is 5.92 Å². The molecule has 1 aromatic heterocycles. The Bertz CT molecular complexity index is 704. The molecule has 3 unspecified atom stereocenters. The van der Waals surface area contributed by atoms with E-state index in [-0.39, 0.29) is 0 Å². The highest BCUT2D eigenvalue weighted by atomic mass is 35.5. The van der Waals surface area contributed by atoms with Crippen molar-refractivity contribution in [2.45, 2.75) is 25.0 Å². The van der Waals surface area contributed by atoms with Crippen molar-refractivity contribution in [3.8, 4) is 0 Å². The summed E-state index contributed by atoms with van der Waals surface area (Å²) in [5, 5.41) is 4.51. The van der Waals surface area contributed by atoms with Crippen LogP contribution in [0.25, 0.3) is 0 Å². The third kappa shape index (κ3) is 4.43. The summed E-state index contributed by atoms with van der Waals surface area (Å²) in [6.45, 7) is 3.77. The van der Waals surface area contributed by atoms with Crippen molar-refractivity contribution < 1.29 is 8.73 Å². The fraction of sp³-hybridized carbons (Fsp3) is 0.529. The first-order valence-electron chi connectivity index (χ1n) is 8.09. The Morgan fingerprint density at radius 1 is 1.38 bits per heavy atom. The number of likely N-dealkylation sites (tertiary alicyclic amines) is 1. The SMILES string of the molecule is Cc1noc(CS(=O)CC2CN(C)CCC2c2ccc(Cl)cc2)n1. The van der Waals surface area contributed by atoms with E-state index in [2.05, 4.69) is 34.2 Å². The summed E-state index contributed by atoms with van der Waals surface area (Å²) in [7, 11) is 1.10. The van der Waals surface area contributed by atoms with Crippen LogP contribution < -0.4 is 0 Å². The number of benzene rings is 1. The standard InChI is InChI=1S/C17H22ClN3O2S/c1-12-19-17(23-20-12)11-24(22)10-14-9-21(2)8-7-16(14)13-3-5-15(18)6-4-13/h3-6,14,16H,7-11H2,1-2H3. The Balaban J connectivity index is 1.69. The third-order valence-electron chi connectivity index (χ3n) is 4.49. The second kappa shape index (κ2) is 7.76. The molecular weight excluding hydrogens is 346 g/mol. The van der Waals surface area contributed by atoms with Crippen molar-refractivity contribution in [3.63, 3.8) is 0 Å². The molecule has 1 fully saturated rings. The van der Waals surface area contributed by atoms with Gasteiger partial charge >= 0.3 is 0 Å². The van der Waals surface area contributed by atoms with Crippen LogP contribution in [0.15, 0.2) is 28.8 Å². The lowest BCUT2D eigenvalue weighted by molar-refractivity contribution is 0.198. The van der Waals surface area contributed by atoms with E-state index in [4.69, 9.17) is 16.1 Å². The minimum absolute atomic E-state index is 0.328. The van der Waals surface area contributed by atoms with Crippen LogP contribution in [0.5, 0.6) is 0 Å². The van der Waals surface area contributed by atoms with Gasteiger partial charge in [0.1, 0.15) is 5.75 Å². The number of halogens is 1. The van der Waals surface area contributed by atoms with Gasteiger partial charge < -0.3 is 9.42 Å². The van der Waals surface area contributed by atoms with E-state index >= 15 is 0 Å². The first-order chi connectivity index (χ1) is 11.5. The van der Waals surface area contributed by atoms with Crippen LogP contribution in [0.2, 0.25) is 5.02 Å². The maximum Gasteiger partial charge on any atom is 0.239 e. The molecule has 0 amide bonds. The fourth-order valence-corrected chi connectivity index (χ4v) is 4.82. The molecule has 2 heterocycles. The molecule has 1 aliphatic heterocycles. The number of nitrogens with zero attached hydrogens (tertiary/aromatic N) is 3. The second-order valence-electron chi connectivity index (χ2n) is 6.46. The minimum atomic E-state index is -1.02. The van der Waals surface area contributed by atoms with Crippen LogP contribution >= 0.6 is 11.6 Å². The summed E-state index contributed by atoms with van der Waals surface area (Å²) in [6.07, 6.45) is 1.07. The van der Waals surface area contributed by atoms with E-state index in [9.17, 15) is 4.21 Å². The van der Waals surface area contributed by atoms with Crippen molar-refractivity contribution in [1.82, 2.24) is 15.0 Å². The van der Waals surface area contributed by atoms with E-state index in [0.29, 0.717) is 35.1 Å². The number of aromatic nitrogens is 2. The monoisotopic (exact) mass is 367 g/mol. The van der Waals surface area contributed by atoms with Gasteiger partial charge in [0.15, 0.2) is 5.82 Å². The molecule has 24 heavy (non-hydrogen) atoms. The van der Waals surface area contributed by atoms with E-state index in [1.54, 1.807) is 6.92 Å². The van der Waals surface area contributed by atoms with E-state index < -0.39 is 10.8 Å². The van der Waals surface area contributed by atoms with Gasteiger partial charge in [0.2, 0.25) is 5.89 Å². The first kappa shape index (κ1) is 17.6. The Morgan fingerprint density at radius 3 is 2.79 bits per heavy atom. The van der Waals surface area contributed by atoms with E-state index in [1.165, 1.54) is 5.56 Å². The molecule has 130 valence electrons. The highest BCUT2D eigenvalue weighted by Gasteiger charge is 2.30. The van der Waals surface area contributed by atoms with Gasteiger partial charge in [-0.05, 0) is 56.5 Å². The predicted octanol–water partition coefficient (Wildman–Crippen LogP) is 3.02. The average Bonchev–Trinajstić information content (AvgIpc) is 2.93. The lowest BCUT2D eigenvalue weighted by Gasteiger charge is -2.37. The summed E-state index contributed by atoms with van der Waals surface area (Å²) in [5.41, 5.74) is 1.28. The molecule has 3 atom stereocenters. The molecule has 7 heteroatoms. The van der Waals surface area contributed by atoms with Crippen molar-refractivity contribution in [3.05, 3.63) is 46.6 Å². The lowest BCUT2D eigenvalue weighted by Crippen LogP contribution is -2.39. The Hall–Kier alpha value is -1.24. The normalized spacial score (nSPS) is 23.3. The zero-order chi connectivity index (χ0) is 17.1. The van der Waals surface area contributed by atoms with Gasteiger partial charge in [-0.15, -0.1) is 0 Å². The van der Waals surface area contributed by atoms with E-state index in [0.717, 1.165) is 24.5 Å². The van der Waals surface area contributed by atoms with Crippen molar-refractivity contribution in [1.29, 1.82) is 0 Å². The third-order valence-corrected chi connectivity index (χ3v) is 6.11. The largest absolute Gasteiger partial charge is 0.338 e. The fourth-order valence-electron chi connectivity index (χ4n) is 3.37. The molecule has 3 rings (SSSR count). The summed E-state index contributed by atoms with van der Waals surface area (Å²) in [6, 6.07) is 8.06. The van der Waals surface area contributed by atoms with Gasteiger partial charge in [0, 0.05) is 28.1 Å². The van der Waals surface area contributed by atoms with Crippen molar-refractivity contribution in [2.75, 3.05) is 25.9 Å². The summed E-state index contributed by atoms with van der Waals surface area (Å²) in [4.78, 5) is 6.46. The van der Waals surface area contributed by atoms with Crippen LogP contribution in [0.3, 0.4) is 0 Å². The van der Waals surface area contributed by atoms with Crippen LogP contribution in [0.4, 0.5) is 0 Å². The molecule has 0 saturated carbocycles. The molecule has 5 nitrogen and oxygen atoms in total. The Labute approximate surface area is 149 Å². The summed E-state index contributed by atoms with van der Waals surface area (Å²) in [5.74, 6) is 2.76. The number of piperidine rings is 1. The maximum atomic E-state index is 12.6.